The molecule has 8 nitrogen and oxygen atoms in total. The summed E-state index contributed by atoms with van der Waals surface area (Å²) in [7, 11) is 0. The van der Waals surface area contributed by atoms with Gasteiger partial charge in [0.2, 0.25) is 5.91 Å². The molecule has 0 fully saturated rings. The number of nitrogens with two attached hydrogens (primary N) is 1. The lowest BCUT2D eigenvalue weighted by Gasteiger charge is -2.22. The molecule has 1 heterocycles. The molecule has 2 unspecified atom stereocenters. The third-order valence-corrected chi connectivity index (χ3v) is 6.90. The minimum atomic E-state index is -1.02. The van der Waals surface area contributed by atoms with Crippen LogP contribution in [0.1, 0.15) is 95.2 Å². The van der Waals surface area contributed by atoms with Crippen molar-refractivity contribution in [3.63, 3.8) is 0 Å². The number of carbonyl (C=O) groups excluding carboxylic acids is 1. The molecule has 0 bridgehead atoms. The second kappa shape index (κ2) is 13.2. The third-order valence-electron chi connectivity index (χ3n) is 6.90. The lowest BCUT2D eigenvalue weighted by molar-refractivity contribution is -0.145. The highest BCUT2D eigenvalue weighted by atomic mass is 16.5. The van der Waals surface area contributed by atoms with E-state index in [9.17, 15) is 14.7 Å². The fourth-order valence-corrected chi connectivity index (χ4v) is 5.18. The van der Waals surface area contributed by atoms with E-state index in [1.165, 1.54) is 0 Å². The van der Waals surface area contributed by atoms with E-state index in [0.717, 1.165) is 80.1 Å². The number of aliphatic carboxylic acids is 1. The predicted molar refractivity (Wildman–Crippen MR) is 138 cm³/mol. The van der Waals surface area contributed by atoms with Gasteiger partial charge in [-0.3, -0.25) is 4.79 Å². The molecule has 1 aromatic carbocycles. The minimum Gasteiger partial charge on any atom is -0.491 e. The second-order valence-electron chi connectivity index (χ2n) is 9.55. The van der Waals surface area contributed by atoms with Crippen LogP contribution in [0.25, 0.3) is 10.9 Å². The van der Waals surface area contributed by atoms with Gasteiger partial charge in [0, 0.05) is 30.1 Å². The van der Waals surface area contributed by atoms with Gasteiger partial charge in [0.1, 0.15) is 11.5 Å². The molecule has 2 aromatic rings. The molecule has 3 rings (SSSR count). The minimum absolute atomic E-state index is 0.329. The molecule has 1 aromatic heterocycles. The van der Waals surface area contributed by atoms with Crippen LogP contribution in [-0.2, 0) is 22.6 Å². The van der Waals surface area contributed by atoms with E-state index in [-0.39, 0.29) is 11.8 Å². The zero-order chi connectivity index (χ0) is 26.1. The van der Waals surface area contributed by atoms with Crippen molar-refractivity contribution in [2.45, 2.75) is 103 Å². The molecule has 36 heavy (non-hydrogen) atoms. The van der Waals surface area contributed by atoms with Gasteiger partial charge in [-0.2, -0.15) is 5.26 Å². The van der Waals surface area contributed by atoms with E-state index in [1.54, 1.807) is 13.0 Å². The maximum Gasteiger partial charge on any atom is 0.344 e. The monoisotopic (exact) mass is 497 g/mol. The van der Waals surface area contributed by atoms with Crippen LogP contribution in [0.2, 0.25) is 0 Å². The smallest absolute Gasteiger partial charge is 0.344 e. The van der Waals surface area contributed by atoms with Crippen LogP contribution in [0.5, 0.6) is 11.5 Å². The summed E-state index contributed by atoms with van der Waals surface area (Å²) < 4.78 is 14.3. The van der Waals surface area contributed by atoms with Crippen molar-refractivity contribution < 1.29 is 24.2 Å². The first-order valence-corrected chi connectivity index (χ1v) is 13.3. The first-order valence-electron chi connectivity index (χ1n) is 13.3. The van der Waals surface area contributed by atoms with Crippen LogP contribution in [0.15, 0.2) is 12.1 Å². The SMILES string of the molecule is CCCOc1cc(OC(CC)C(=O)O)cc2c3c(n(CCCCCCCC#N)c12)CCCC3C(N)=O. The number of aromatic nitrogens is 1. The summed E-state index contributed by atoms with van der Waals surface area (Å²) in [6, 6.07) is 5.84. The topological polar surface area (TPSA) is 128 Å². The normalized spacial score (nSPS) is 15.8. The number of aryl methyl sites for hydroxylation is 1. The number of nitrogens with zero attached hydrogens (tertiary/aromatic N) is 2. The van der Waals surface area contributed by atoms with Gasteiger partial charge >= 0.3 is 5.97 Å². The van der Waals surface area contributed by atoms with E-state index in [2.05, 4.69) is 10.6 Å². The highest BCUT2D eigenvalue weighted by Gasteiger charge is 2.32. The van der Waals surface area contributed by atoms with Crippen molar-refractivity contribution >= 4 is 22.8 Å². The molecule has 0 saturated carbocycles. The Labute approximate surface area is 213 Å². The van der Waals surface area contributed by atoms with Crippen molar-refractivity contribution in [3.05, 3.63) is 23.4 Å². The zero-order valence-corrected chi connectivity index (χ0v) is 21.6. The predicted octanol–water partition coefficient (Wildman–Crippen LogP) is 5.44. The molecule has 8 heteroatoms. The first kappa shape index (κ1) is 27.4. The fourth-order valence-electron chi connectivity index (χ4n) is 5.18. The van der Waals surface area contributed by atoms with Gasteiger partial charge in [-0.15, -0.1) is 0 Å². The molecule has 0 saturated heterocycles. The third kappa shape index (κ3) is 6.31. The number of unbranched alkanes of at least 4 members (excludes halogenated alkanes) is 5. The van der Waals surface area contributed by atoms with E-state index in [0.29, 0.717) is 37.4 Å². The summed E-state index contributed by atoms with van der Waals surface area (Å²) in [5, 5.41) is 19.1. The quantitative estimate of drug-likeness (QED) is 0.315. The van der Waals surface area contributed by atoms with E-state index < -0.39 is 12.1 Å². The first-order chi connectivity index (χ1) is 17.4. The summed E-state index contributed by atoms with van der Waals surface area (Å²) in [5.41, 5.74) is 8.84. The number of carboxylic acid groups (broad SMARTS) is 1. The summed E-state index contributed by atoms with van der Waals surface area (Å²) in [6.07, 6.45) is 8.34. The lowest BCUT2D eigenvalue weighted by Crippen LogP contribution is -2.26. The number of carbonyl (C=O) groups is 2. The Morgan fingerprint density at radius 3 is 2.64 bits per heavy atom. The number of primary amides is 1. The van der Waals surface area contributed by atoms with E-state index >= 15 is 0 Å². The Morgan fingerprint density at radius 1 is 1.22 bits per heavy atom. The van der Waals surface area contributed by atoms with Crippen LogP contribution in [0.3, 0.4) is 0 Å². The van der Waals surface area contributed by atoms with Crippen molar-refractivity contribution in [2.24, 2.45) is 5.73 Å². The average molecular weight is 498 g/mol. The van der Waals surface area contributed by atoms with Gasteiger partial charge in [-0.05, 0) is 56.6 Å². The molecule has 0 aliphatic heterocycles. The Balaban J connectivity index is 2.05. The summed E-state index contributed by atoms with van der Waals surface area (Å²) in [4.78, 5) is 24.1. The molecule has 1 aliphatic carbocycles. The van der Waals surface area contributed by atoms with Crippen LogP contribution in [-0.4, -0.2) is 34.3 Å². The van der Waals surface area contributed by atoms with Crippen LogP contribution in [0.4, 0.5) is 0 Å². The maximum atomic E-state index is 12.5. The van der Waals surface area contributed by atoms with Crippen LogP contribution >= 0.6 is 0 Å². The molecule has 1 amide bonds. The lowest BCUT2D eigenvalue weighted by atomic mass is 9.84. The summed E-state index contributed by atoms with van der Waals surface area (Å²) in [6.45, 7) is 5.12. The number of rotatable bonds is 15. The average Bonchev–Trinajstić information content (AvgIpc) is 3.18. The van der Waals surface area contributed by atoms with Gasteiger partial charge in [-0.25, -0.2) is 4.79 Å². The molecule has 2 atom stereocenters. The second-order valence-corrected chi connectivity index (χ2v) is 9.55. The van der Waals surface area contributed by atoms with Crippen LogP contribution in [0, 0.1) is 11.3 Å². The molecule has 0 spiro atoms. The summed E-state index contributed by atoms with van der Waals surface area (Å²) >= 11 is 0. The molecular formula is C28H39N3O5. The number of hydrogen-bond acceptors (Lipinski definition) is 5. The fraction of sp³-hybridized carbons (Fsp3) is 0.607. The highest BCUT2D eigenvalue weighted by Crippen LogP contribution is 2.44. The Morgan fingerprint density at radius 2 is 1.97 bits per heavy atom. The Hall–Kier alpha value is -3.21. The molecule has 196 valence electrons. The highest BCUT2D eigenvalue weighted by molar-refractivity contribution is 5.97. The standard InChI is InChI=1S/C28H39N3O5/c1-3-16-35-24-18-19(36-23(4-2)28(33)34)17-21-25-20(27(30)32)12-11-13-22(25)31(26(21)24)15-10-8-6-5-7-9-14-29/h17-18,20,23H,3-13,15-16H2,1-2H3,(H2,30,32)(H,33,34). The number of ether oxygens (including phenoxy) is 2. The Kier molecular flexibility index (Phi) is 10.0. The maximum absolute atomic E-state index is 12.5. The number of hydrogen-bond donors (Lipinski definition) is 2. The number of nitriles is 1. The largest absolute Gasteiger partial charge is 0.491 e. The number of carboxylic acids is 1. The molecule has 0 radical (unpaired) electrons. The van der Waals surface area contributed by atoms with Gasteiger partial charge in [0.05, 0.1) is 24.1 Å². The van der Waals surface area contributed by atoms with Gasteiger partial charge in [0.25, 0.3) is 0 Å². The Bertz CT molecular complexity index is 1100. The van der Waals surface area contributed by atoms with Gasteiger partial charge in [0.15, 0.2) is 6.10 Å². The van der Waals surface area contributed by atoms with Gasteiger partial charge in [-0.1, -0.05) is 33.1 Å². The van der Waals surface area contributed by atoms with Crippen molar-refractivity contribution in [1.29, 1.82) is 5.26 Å². The van der Waals surface area contributed by atoms with Crippen LogP contribution < -0.4 is 15.2 Å². The molecule has 3 N–H and O–H groups in total. The number of fused-ring (bicyclic) bond motifs is 3. The van der Waals surface area contributed by atoms with Gasteiger partial charge < -0.3 is 24.9 Å². The number of benzene rings is 1. The van der Waals surface area contributed by atoms with Crippen molar-refractivity contribution in [1.82, 2.24) is 4.57 Å². The van der Waals surface area contributed by atoms with Crippen molar-refractivity contribution in [2.75, 3.05) is 6.61 Å². The number of amides is 1. The molecule has 1 aliphatic rings. The summed E-state index contributed by atoms with van der Waals surface area (Å²) in [5.74, 6) is -0.672. The van der Waals surface area contributed by atoms with Crippen molar-refractivity contribution in [3.8, 4) is 17.6 Å². The molecular weight excluding hydrogens is 458 g/mol. The zero-order valence-electron chi connectivity index (χ0n) is 21.6. The van der Waals surface area contributed by atoms with E-state index in [1.807, 2.05) is 13.0 Å². The van der Waals surface area contributed by atoms with E-state index in [4.69, 9.17) is 20.5 Å².